The summed E-state index contributed by atoms with van der Waals surface area (Å²) in [5.74, 6) is 0.744. The van der Waals surface area contributed by atoms with Crippen molar-refractivity contribution in [3.63, 3.8) is 0 Å². The molecule has 0 unspecified atom stereocenters. The molecule has 1 fully saturated rings. The van der Waals surface area contributed by atoms with Gasteiger partial charge in [-0.15, -0.1) is 11.3 Å². The first-order valence-corrected chi connectivity index (χ1v) is 12.8. The minimum absolute atomic E-state index is 0.128. The first kappa shape index (κ1) is 22.8. The maximum absolute atomic E-state index is 12.7. The fraction of sp³-hybridized carbons (Fsp3) is 0.318. The molecular formula is C22H24ClN3O4S2. The van der Waals surface area contributed by atoms with E-state index in [0.29, 0.717) is 24.0 Å². The van der Waals surface area contributed by atoms with Crippen molar-refractivity contribution in [3.05, 3.63) is 69.7 Å². The number of carbonyl (C=O) groups is 1. The molecule has 1 aliphatic heterocycles. The normalized spacial score (nSPS) is 15.7. The number of hydrogen-bond donors (Lipinski definition) is 0. The molecule has 0 saturated carbocycles. The number of amides is 1. The van der Waals surface area contributed by atoms with E-state index >= 15 is 0 Å². The molecule has 3 aromatic rings. The molecule has 32 heavy (non-hydrogen) atoms. The number of sulfonamides is 1. The summed E-state index contributed by atoms with van der Waals surface area (Å²) in [6, 6.07) is 8.94. The first-order chi connectivity index (χ1) is 15.3. The highest BCUT2D eigenvalue weighted by Crippen LogP contribution is 2.28. The van der Waals surface area contributed by atoms with Crippen LogP contribution in [-0.4, -0.2) is 54.3 Å². The molecule has 0 atom stereocenters. The number of rotatable bonds is 6. The zero-order valence-electron chi connectivity index (χ0n) is 17.8. The predicted molar refractivity (Wildman–Crippen MR) is 125 cm³/mol. The lowest BCUT2D eigenvalue weighted by molar-refractivity contribution is -0.127. The summed E-state index contributed by atoms with van der Waals surface area (Å²) in [4.78, 5) is 14.4. The molecule has 0 N–H and O–H groups in total. The van der Waals surface area contributed by atoms with Crippen molar-refractivity contribution in [2.75, 3.05) is 26.2 Å². The molecule has 1 amide bonds. The van der Waals surface area contributed by atoms with Crippen LogP contribution in [0.5, 0.6) is 0 Å². The summed E-state index contributed by atoms with van der Waals surface area (Å²) >= 11 is 6.92. The van der Waals surface area contributed by atoms with Crippen LogP contribution in [0.2, 0.25) is 4.34 Å². The van der Waals surface area contributed by atoms with Gasteiger partial charge < -0.3 is 13.9 Å². The fourth-order valence-electron chi connectivity index (χ4n) is 3.78. The molecule has 3 aromatic heterocycles. The van der Waals surface area contributed by atoms with Gasteiger partial charge in [-0.25, -0.2) is 8.42 Å². The maximum Gasteiger partial charge on any atom is 0.252 e. The van der Waals surface area contributed by atoms with E-state index in [0.717, 1.165) is 34.0 Å². The average molecular weight is 494 g/mol. The molecule has 1 aliphatic rings. The number of piperazine rings is 1. The van der Waals surface area contributed by atoms with Crippen molar-refractivity contribution in [3.8, 4) is 0 Å². The Balaban J connectivity index is 1.38. The summed E-state index contributed by atoms with van der Waals surface area (Å²) < 4.78 is 35.1. The van der Waals surface area contributed by atoms with Crippen LogP contribution in [0.25, 0.3) is 6.08 Å². The van der Waals surface area contributed by atoms with Gasteiger partial charge in [-0.2, -0.15) is 4.31 Å². The van der Waals surface area contributed by atoms with Crippen LogP contribution in [0.15, 0.2) is 51.3 Å². The summed E-state index contributed by atoms with van der Waals surface area (Å²) in [7, 11) is -3.57. The summed E-state index contributed by atoms with van der Waals surface area (Å²) in [5.41, 5.74) is 3.10. The standard InChI is InChI=1S/C22H24ClN3O4S2/c1-16-14-18(17(2)26(16)15-19-4-3-13-30-19)5-7-21(27)24-9-11-25(12-10-24)32(28,29)22-8-6-20(23)31-22/h3-8,13-14H,9-12,15H2,1-2H3/b7-5+. The number of halogens is 1. The Morgan fingerprint density at radius 1 is 1.19 bits per heavy atom. The molecule has 1 saturated heterocycles. The van der Waals surface area contributed by atoms with Crippen molar-refractivity contribution in [1.29, 1.82) is 0 Å². The quantitative estimate of drug-likeness (QED) is 0.486. The Morgan fingerprint density at radius 3 is 2.56 bits per heavy atom. The second-order valence-corrected chi connectivity index (χ2v) is 11.5. The minimum Gasteiger partial charge on any atom is -0.467 e. The number of aromatic nitrogens is 1. The van der Waals surface area contributed by atoms with Gasteiger partial charge in [-0.3, -0.25) is 4.79 Å². The van der Waals surface area contributed by atoms with Crippen LogP contribution in [0.1, 0.15) is 22.7 Å². The summed E-state index contributed by atoms with van der Waals surface area (Å²) in [5, 5.41) is 0. The number of carbonyl (C=O) groups excluding carboxylic acids is 1. The van der Waals surface area contributed by atoms with Crippen molar-refractivity contribution in [2.45, 2.75) is 24.6 Å². The molecule has 4 heterocycles. The lowest BCUT2D eigenvalue weighted by Gasteiger charge is -2.33. The number of aryl methyl sites for hydroxylation is 1. The van der Waals surface area contributed by atoms with Crippen LogP contribution in [-0.2, 0) is 21.4 Å². The lowest BCUT2D eigenvalue weighted by atomic mass is 10.2. The van der Waals surface area contributed by atoms with Gasteiger partial charge in [-0.05, 0) is 55.8 Å². The maximum atomic E-state index is 12.7. The van der Waals surface area contributed by atoms with E-state index in [-0.39, 0.29) is 23.2 Å². The van der Waals surface area contributed by atoms with Crippen LogP contribution >= 0.6 is 22.9 Å². The van der Waals surface area contributed by atoms with Crippen LogP contribution in [0.4, 0.5) is 0 Å². The molecule has 0 bridgehead atoms. The molecule has 0 radical (unpaired) electrons. The van der Waals surface area contributed by atoms with Gasteiger partial charge >= 0.3 is 0 Å². The highest BCUT2D eigenvalue weighted by atomic mass is 35.5. The largest absolute Gasteiger partial charge is 0.467 e. The predicted octanol–water partition coefficient (Wildman–Crippen LogP) is 4.01. The van der Waals surface area contributed by atoms with E-state index in [4.69, 9.17) is 16.0 Å². The van der Waals surface area contributed by atoms with E-state index in [1.54, 1.807) is 23.3 Å². The smallest absolute Gasteiger partial charge is 0.252 e. The van der Waals surface area contributed by atoms with Crippen molar-refractivity contribution in [2.24, 2.45) is 0 Å². The van der Waals surface area contributed by atoms with Crippen LogP contribution < -0.4 is 0 Å². The lowest BCUT2D eigenvalue weighted by Crippen LogP contribution is -2.50. The average Bonchev–Trinajstić information content (AvgIpc) is 3.51. The third-order valence-electron chi connectivity index (χ3n) is 5.61. The van der Waals surface area contributed by atoms with E-state index in [1.807, 2.05) is 38.1 Å². The van der Waals surface area contributed by atoms with Crippen molar-refractivity contribution < 1.29 is 17.6 Å². The van der Waals surface area contributed by atoms with Gasteiger partial charge in [0.25, 0.3) is 10.0 Å². The van der Waals surface area contributed by atoms with Gasteiger partial charge in [0.15, 0.2) is 0 Å². The molecule has 0 aromatic carbocycles. The van der Waals surface area contributed by atoms with E-state index in [9.17, 15) is 13.2 Å². The Kier molecular flexibility index (Phi) is 6.62. The Hall–Kier alpha value is -2.33. The van der Waals surface area contributed by atoms with E-state index in [2.05, 4.69) is 4.57 Å². The second-order valence-electron chi connectivity index (χ2n) is 7.61. The van der Waals surface area contributed by atoms with E-state index < -0.39 is 10.0 Å². The number of thiophene rings is 1. The molecule has 10 heteroatoms. The van der Waals surface area contributed by atoms with Gasteiger partial charge in [0.05, 0.1) is 17.1 Å². The number of furan rings is 1. The molecule has 170 valence electrons. The Morgan fingerprint density at radius 2 is 1.94 bits per heavy atom. The fourth-order valence-corrected chi connectivity index (χ4v) is 6.84. The highest BCUT2D eigenvalue weighted by molar-refractivity contribution is 7.91. The number of nitrogens with zero attached hydrogens (tertiary/aromatic N) is 3. The van der Waals surface area contributed by atoms with Gasteiger partial charge in [0.2, 0.25) is 5.91 Å². The Bertz CT molecular complexity index is 1230. The molecular weight excluding hydrogens is 470 g/mol. The zero-order chi connectivity index (χ0) is 22.9. The third-order valence-corrected chi connectivity index (χ3v) is 9.20. The first-order valence-electron chi connectivity index (χ1n) is 10.2. The highest BCUT2D eigenvalue weighted by Gasteiger charge is 2.30. The van der Waals surface area contributed by atoms with Crippen molar-refractivity contribution in [1.82, 2.24) is 13.8 Å². The molecule has 0 aliphatic carbocycles. The molecule has 7 nitrogen and oxygen atoms in total. The van der Waals surface area contributed by atoms with Crippen molar-refractivity contribution >= 4 is 44.9 Å². The van der Waals surface area contributed by atoms with Crippen LogP contribution in [0.3, 0.4) is 0 Å². The minimum atomic E-state index is -3.57. The topological polar surface area (TPSA) is 75.8 Å². The second kappa shape index (κ2) is 9.27. The molecule has 4 rings (SSSR count). The van der Waals surface area contributed by atoms with Gasteiger partial charge in [-0.1, -0.05) is 11.6 Å². The monoisotopic (exact) mass is 493 g/mol. The van der Waals surface area contributed by atoms with Crippen LogP contribution in [0, 0.1) is 13.8 Å². The van der Waals surface area contributed by atoms with Gasteiger partial charge in [0, 0.05) is 43.6 Å². The summed E-state index contributed by atoms with van der Waals surface area (Å²) in [6.07, 6.45) is 5.03. The number of hydrogen-bond acceptors (Lipinski definition) is 5. The van der Waals surface area contributed by atoms with Gasteiger partial charge in [0.1, 0.15) is 9.97 Å². The van der Waals surface area contributed by atoms with E-state index in [1.165, 1.54) is 10.4 Å². The third kappa shape index (κ3) is 4.71. The Labute approximate surface area is 196 Å². The summed E-state index contributed by atoms with van der Waals surface area (Å²) in [6.45, 7) is 5.89. The molecule has 0 spiro atoms. The zero-order valence-corrected chi connectivity index (χ0v) is 20.2. The SMILES string of the molecule is Cc1cc(/C=C/C(=O)N2CCN(S(=O)(=O)c3ccc(Cl)s3)CC2)c(C)n1Cc1ccco1.